The van der Waals surface area contributed by atoms with Crippen molar-refractivity contribution in [3.63, 3.8) is 0 Å². The lowest BCUT2D eigenvalue weighted by molar-refractivity contribution is 0.186. The molecule has 0 aliphatic carbocycles. The van der Waals surface area contributed by atoms with Crippen LogP contribution in [0.2, 0.25) is 0 Å². The average molecular weight is 287 g/mol. The molecule has 0 spiro atoms. The number of aryl methyl sites for hydroxylation is 1. The van der Waals surface area contributed by atoms with Crippen molar-refractivity contribution in [1.82, 2.24) is 19.3 Å². The Labute approximate surface area is 100.0 Å². The molecule has 86 valence electrons. The second-order valence-corrected chi connectivity index (χ2v) is 4.10. The number of halogens is 1. The molecule has 0 aliphatic heterocycles. The zero-order chi connectivity index (χ0) is 11.7. The lowest BCUT2D eigenvalue weighted by atomic mass is 10.4. The van der Waals surface area contributed by atoms with Crippen LogP contribution in [0.4, 0.5) is 0 Å². The molecule has 0 radical (unpaired) electrons. The number of nitrogens with zero attached hydrogens (tertiary/aromatic N) is 4. The van der Waals surface area contributed by atoms with E-state index in [-0.39, 0.29) is 5.56 Å². The summed E-state index contributed by atoms with van der Waals surface area (Å²) in [4.78, 5) is 16.2. The summed E-state index contributed by atoms with van der Waals surface area (Å²) in [6, 6.07) is 0. The van der Waals surface area contributed by atoms with Gasteiger partial charge in [-0.1, -0.05) is 0 Å². The van der Waals surface area contributed by atoms with Crippen LogP contribution in [0.25, 0.3) is 11.0 Å². The SMILES string of the molecule is COCCn1cnc2c(c(Br)nn2C)c1=O. The minimum absolute atomic E-state index is 0.109. The highest BCUT2D eigenvalue weighted by Gasteiger charge is 2.12. The van der Waals surface area contributed by atoms with Gasteiger partial charge in [-0.15, -0.1) is 0 Å². The average Bonchev–Trinajstić information content (AvgIpc) is 2.54. The van der Waals surface area contributed by atoms with Gasteiger partial charge in [-0.2, -0.15) is 5.10 Å². The molecule has 0 unspecified atom stereocenters. The molecule has 2 heterocycles. The Morgan fingerprint density at radius 1 is 1.56 bits per heavy atom. The summed E-state index contributed by atoms with van der Waals surface area (Å²) in [6.07, 6.45) is 1.51. The molecule has 0 amide bonds. The predicted octanol–water partition coefficient (Wildman–Crippen LogP) is 0.539. The molecule has 0 fully saturated rings. The number of rotatable bonds is 3. The second-order valence-electron chi connectivity index (χ2n) is 3.35. The quantitative estimate of drug-likeness (QED) is 0.826. The maximum atomic E-state index is 12.1. The molecule has 0 aliphatic rings. The van der Waals surface area contributed by atoms with E-state index in [9.17, 15) is 4.79 Å². The van der Waals surface area contributed by atoms with Crippen LogP contribution >= 0.6 is 15.9 Å². The third-order valence-corrected chi connectivity index (χ3v) is 2.86. The van der Waals surface area contributed by atoms with Gasteiger partial charge in [0.05, 0.1) is 13.2 Å². The minimum atomic E-state index is -0.109. The van der Waals surface area contributed by atoms with Crippen LogP contribution in [0.3, 0.4) is 0 Å². The monoisotopic (exact) mass is 286 g/mol. The summed E-state index contributed by atoms with van der Waals surface area (Å²) in [5.41, 5.74) is 0.465. The topological polar surface area (TPSA) is 61.9 Å². The fourth-order valence-electron chi connectivity index (χ4n) is 1.48. The first kappa shape index (κ1) is 11.3. The molecule has 2 aromatic rings. The van der Waals surface area contributed by atoms with E-state index in [0.717, 1.165) is 0 Å². The molecular weight excluding hydrogens is 276 g/mol. The first-order valence-electron chi connectivity index (χ1n) is 4.71. The lowest BCUT2D eigenvalue weighted by Gasteiger charge is -2.03. The van der Waals surface area contributed by atoms with E-state index < -0.39 is 0 Å². The molecule has 6 nitrogen and oxygen atoms in total. The van der Waals surface area contributed by atoms with Gasteiger partial charge in [0.25, 0.3) is 5.56 Å². The van der Waals surface area contributed by atoms with Gasteiger partial charge < -0.3 is 4.74 Å². The zero-order valence-corrected chi connectivity index (χ0v) is 10.6. The Bertz CT molecular complexity index is 575. The number of fused-ring (bicyclic) bond motifs is 1. The fraction of sp³-hybridized carbons (Fsp3) is 0.444. The molecule has 0 saturated heterocycles. The summed E-state index contributed by atoms with van der Waals surface area (Å²) in [5.74, 6) is 0. The van der Waals surface area contributed by atoms with Gasteiger partial charge in [0, 0.05) is 14.2 Å². The van der Waals surface area contributed by atoms with E-state index in [1.807, 2.05) is 0 Å². The Morgan fingerprint density at radius 2 is 2.31 bits per heavy atom. The highest BCUT2D eigenvalue weighted by atomic mass is 79.9. The van der Waals surface area contributed by atoms with Crippen molar-refractivity contribution in [2.24, 2.45) is 7.05 Å². The Hall–Kier alpha value is -1.21. The van der Waals surface area contributed by atoms with E-state index in [2.05, 4.69) is 26.0 Å². The molecular formula is C9H11BrN4O2. The predicted molar refractivity (Wildman–Crippen MR) is 62.3 cm³/mol. The zero-order valence-electron chi connectivity index (χ0n) is 8.97. The van der Waals surface area contributed by atoms with E-state index >= 15 is 0 Å². The van der Waals surface area contributed by atoms with Crippen molar-refractivity contribution in [1.29, 1.82) is 0 Å². The molecule has 0 bridgehead atoms. The maximum Gasteiger partial charge on any atom is 0.265 e. The number of ether oxygens (including phenoxy) is 1. The van der Waals surface area contributed by atoms with Crippen LogP contribution in [0.15, 0.2) is 15.7 Å². The third kappa shape index (κ3) is 1.76. The minimum Gasteiger partial charge on any atom is -0.383 e. The van der Waals surface area contributed by atoms with Gasteiger partial charge in [0.2, 0.25) is 0 Å². The highest BCUT2D eigenvalue weighted by molar-refractivity contribution is 9.10. The van der Waals surface area contributed by atoms with Crippen LogP contribution in [0.1, 0.15) is 0 Å². The molecule has 0 atom stereocenters. The van der Waals surface area contributed by atoms with Crippen LogP contribution in [-0.4, -0.2) is 33.0 Å². The number of aromatic nitrogens is 4. The number of methoxy groups -OCH3 is 1. The summed E-state index contributed by atoms with van der Waals surface area (Å²) in [7, 11) is 3.34. The normalized spacial score (nSPS) is 11.2. The van der Waals surface area contributed by atoms with Crippen molar-refractivity contribution < 1.29 is 4.74 Å². The lowest BCUT2D eigenvalue weighted by Crippen LogP contribution is -2.22. The third-order valence-electron chi connectivity index (χ3n) is 2.30. The summed E-state index contributed by atoms with van der Waals surface area (Å²) in [5, 5.41) is 4.60. The van der Waals surface area contributed by atoms with Crippen LogP contribution < -0.4 is 5.56 Å². The van der Waals surface area contributed by atoms with E-state index in [4.69, 9.17) is 4.74 Å². The van der Waals surface area contributed by atoms with Crippen LogP contribution in [0.5, 0.6) is 0 Å². The fourth-order valence-corrected chi connectivity index (χ4v) is 2.07. The van der Waals surface area contributed by atoms with E-state index in [1.54, 1.807) is 18.8 Å². The van der Waals surface area contributed by atoms with Gasteiger partial charge in [-0.05, 0) is 15.9 Å². The van der Waals surface area contributed by atoms with Crippen molar-refractivity contribution in [2.45, 2.75) is 6.54 Å². The largest absolute Gasteiger partial charge is 0.383 e. The maximum absolute atomic E-state index is 12.1. The van der Waals surface area contributed by atoms with Crippen molar-refractivity contribution in [2.75, 3.05) is 13.7 Å². The van der Waals surface area contributed by atoms with Crippen molar-refractivity contribution in [3.05, 3.63) is 21.3 Å². The van der Waals surface area contributed by atoms with Gasteiger partial charge in [0.1, 0.15) is 16.3 Å². The van der Waals surface area contributed by atoms with Gasteiger partial charge in [-0.3, -0.25) is 9.36 Å². The Morgan fingerprint density at radius 3 is 3.00 bits per heavy atom. The number of hydrogen-bond donors (Lipinski definition) is 0. The summed E-state index contributed by atoms with van der Waals surface area (Å²) >= 11 is 3.25. The summed E-state index contributed by atoms with van der Waals surface area (Å²) < 4.78 is 8.53. The molecule has 2 rings (SSSR count). The standard InChI is InChI=1S/C9H11BrN4O2/c1-13-8-6(7(10)12-13)9(15)14(5-11-8)3-4-16-2/h5H,3-4H2,1-2H3. The molecule has 0 saturated carbocycles. The first-order valence-corrected chi connectivity index (χ1v) is 5.51. The molecule has 16 heavy (non-hydrogen) atoms. The highest BCUT2D eigenvalue weighted by Crippen LogP contribution is 2.16. The molecule has 0 aromatic carbocycles. The van der Waals surface area contributed by atoms with Gasteiger partial charge >= 0.3 is 0 Å². The second kappa shape index (κ2) is 4.34. The Kier molecular flexibility index (Phi) is 3.06. The number of hydrogen-bond acceptors (Lipinski definition) is 4. The van der Waals surface area contributed by atoms with Crippen molar-refractivity contribution >= 4 is 27.0 Å². The molecule has 7 heteroatoms. The van der Waals surface area contributed by atoms with Gasteiger partial charge in [-0.25, -0.2) is 9.67 Å². The van der Waals surface area contributed by atoms with Crippen LogP contribution in [0, 0.1) is 0 Å². The van der Waals surface area contributed by atoms with Gasteiger partial charge in [0.15, 0.2) is 5.65 Å². The smallest absolute Gasteiger partial charge is 0.265 e. The van der Waals surface area contributed by atoms with Crippen molar-refractivity contribution in [3.8, 4) is 0 Å². The molecule has 2 aromatic heterocycles. The summed E-state index contributed by atoms with van der Waals surface area (Å²) in [6.45, 7) is 0.963. The first-order chi connectivity index (χ1) is 7.65. The van der Waals surface area contributed by atoms with E-state index in [0.29, 0.717) is 28.8 Å². The van der Waals surface area contributed by atoms with E-state index in [1.165, 1.54) is 10.9 Å². The Balaban J connectivity index is 2.60. The van der Waals surface area contributed by atoms with Crippen LogP contribution in [-0.2, 0) is 18.3 Å². The molecule has 0 N–H and O–H groups in total.